The summed E-state index contributed by atoms with van der Waals surface area (Å²) in [4.78, 5) is 12.1. The fourth-order valence-electron chi connectivity index (χ4n) is 2.67. The van der Waals surface area contributed by atoms with Gasteiger partial charge >= 0.3 is 0 Å². The van der Waals surface area contributed by atoms with Gasteiger partial charge in [0.05, 0.1) is 13.2 Å². The molecule has 3 N–H and O–H groups in total. The number of aliphatic hydroxyl groups excluding tert-OH is 1. The highest BCUT2D eigenvalue weighted by atomic mass is 19.1. The van der Waals surface area contributed by atoms with Crippen molar-refractivity contribution in [3.63, 3.8) is 0 Å². The van der Waals surface area contributed by atoms with Crippen molar-refractivity contribution in [3.8, 4) is 11.3 Å². The molecule has 27 heavy (non-hydrogen) atoms. The Morgan fingerprint density at radius 2 is 2.00 bits per heavy atom. The van der Waals surface area contributed by atoms with E-state index >= 15 is 0 Å². The lowest BCUT2D eigenvalue weighted by Crippen LogP contribution is -2.27. The maximum atomic E-state index is 13.0. The van der Waals surface area contributed by atoms with Gasteiger partial charge in [-0.2, -0.15) is 0 Å². The van der Waals surface area contributed by atoms with Crippen LogP contribution in [0.1, 0.15) is 21.6 Å². The van der Waals surface area contributed by atoms with E-state index in [0.29, 0.717) is 23.6 Å². The molecule has 3 rings (SSSR count). The first-order chi connectivity index (χ1) is 13.1. The molecule has 2 aromatic carbocycles. The minimum absolute atomic E-state index is 0.106. The summed E-state index contributed by atoms with van der Waals surface area (Å²) >= 11 is 0. The van der Waals surface area contributed by atoms with Crippen molar-refractivity contribution in [2.75, 3.05) is 18.5 Å². The monoisotopic (exact) mass is 369 g/mol. The van der Waals surface area contributed by atoms with Gasteiger partial charge in [-0.25, -0.2) is 4.39 Å². The Balaban J connectivity index is 1.68. The first kappa shape index (κ1) is 18.6. The molecule has 1 aromatic heterocycles. The van der Waals surface area contributed by atoms with Crippen LogP contribution in [-0.4, -0.2) is 29.3 Å². The predicted octanol–water partition coefficient (Wildman–Crippen LogP) is 3.12. The molecule has 0 aliphatic carbocycles. The van der Waals surface area contributed by atoms with Crippen LogP contribution < -0.4 is 10.6 Å². The van der Waals surface area contributed by atoms with Gasteiger partial charge in [-0.15, -0.1) is 0 Å². The lowest BCUT2D eigenvalue weighted by atomic mass is 10.1. The van der Waals surface area contributed by atoms with Gasteiger partial charge in [0.2, 0.25) is 0 Å². The van der Waals surface area contributed by atoms with E-state index in [2.05, 4.69) is 15.8 Å². The number of hydrogen-bond acceptors (Lipinski definition) is 5. The van der Waals surface area contributed by atoms with E-state index in [1.165, 1.54) is 12.1 Å². The molecule has 140 valence electrons. The molecule has 0 unspecified atom stereocenters. The number of amides is 1. The smallest absolute Gasteiger partial charge is 0.251 e. The fourth-order valence-corrected chi connectivity index (χ4v) is 2.67. The molecule has 0 radical (unpaired) electrons. The summed E-state index contributed by atoms with van der Waals surface area (Å²) in [6.07, 6.45) is 0. The third kappa shape index (κ3) is 4.51. The molecule has 0 saturated heterocycles. The van der Waals surface area contributed by atoms with Crippen molar-refractivity contribution >= 4 is 11.6 Å². The molecule has 0 atom stereocenters. The van der Waals surface area contributed by atoms with Crippen molar-refractivity contribution in [1.29, 1.82) is 0 Å². The van der Waals surface area contributed by atoms with Gasteiger partial charge in [-0.1, -0.05) is 11.2 Å². The van der Waals surface area contributed by atoms with Crippen molar-refractivity contribution in [3.05, 3.63) is 71.2 Å². The first-order valence-corrected chi connectivity index (χ1v) is 8.52. The Labute approximate surface area is 156 Å². The third-order valence-corrected chi connectivity index (χ3v) is 4.12. The summed E-state index contributed by atoms with van der Waals surface area (Å²) < 4.78 is 18.3. The summed E-state index contributed by atoms with van der Waals surface area (Å²) in [5.41, 5.74) is 3.58. The third-order valence-electron chi connectivity index (χ3n) is 4.12. The van der Waals surface area contributed by atoms with E-state index in [0.717, 1.165) is 16.8 Å². The Morgan fingerprint density at radius 1 is 1.22 bits per heavy atom. The maximum absolute atomic E-state index is 13.0. The number of nitrogens with zero attached hydrogens (tertiary/aromatic N) is 1. The quantitative estimate of drug-likeness (QED) is 0.596. The number of anilines is 1. The Kier molecular flexibility index (Phi) is 5.83. The molecule has 0 spiro atoms. The number of hydrogen-bond donors (Lipinski definition) is 3. The summed E-state index contributed by atoms with van der Waals surface area (Å²) in [5, 5.41) is 18.7. The first-order valence-electron chi connectivity index (χ1n) is 8.52. The molecule has 1 heterocycles. The van der Waals surface area contributed by atoms with Crippen molar-refractivity contribution in [1.82, 2.24) is 10.5 Å². The number of nitrogens with one attached hydrogen (secondary N) is 2. The molecular weight excluding hydrogens is 349 g/mol. The van der Waals surface area contributed by atoms with Crippen LogP contribution in [0.5, 0.6) is 0 Å². The van der Waals surface area contributed by atoms with Gasteiger partial charge in [0.1, 0.15) is 11.5 Å². The average molecular weight is 369 g/mol. The van der Waals surface area contributed by atoms with E-state index in [1.807, 2.05) is 13.0 Å². The highest BCUT2D eigenvalue weighted by molar-refractivity contribution is 5.97. The zero-order chi connectivity index (χ0) is 19.2. The van der Waals surface area contributed by atoms with E-state index < -0.39 is 0 Å². The standard InChI is InChI=1S/C20H20FN3O3/c1-13-17(20(26)22-9-10-25)3-2-4-18(13)23-12-16-11-19(27-24-16)14-5-7-15(21)8-6-14/h2-8,11,23,25H,9-10,12H2,1H3,(H,22,26). The van der Waals surface area contributed by atoms with Crippen LogP contribution in [0.3, 0.4) is 0 Å². The summed E-state index contributed by atoms with van der Waals surface area (Å²) in [6.45, 7) is 2.36. The van der Waals surface area contributed by atoms with Gasteiger partial charge in [-0.3, -0.25) is 4.79 Å². The molecule has 0 aliphatic heterocycles. The van der Waals surface area contributed by atoms with E-state index in [-0.39, 0.29) is 24.9 Å². The van der Waals surface area contributed by atoms with Crippen LogP contribution in [0.2, 0.25) is 0 Å². The Hall–Kier alpha value is -3.19. The second-order valence-electron chi connectivity index (χ2n) is 6.00. The Bertz CT molecular complexity index is 922. The van der Waals surface area contributed by atoms with E-state index in [1.54, 1.807) is 30.3 Å². The number of carbonyl (C=O) groups is 1. The minimum atomic E-state index is -0.307. The maximum Gasteiger partial charge on any atom is 0.251 e. The largest absolute Gasteiger partial charge is 0.395 e. The van der Waals surface area contributed by atoms with Crippen LogP contribution in [0.25, 0.3) is 11.3 Å². The second kappa shape index (κ2) is 8.46. The molecule has 0 saturated carbocycles. The van der Waals surface area contributed by atoms with Crippen molar-refractivity contribution in [2.24, 2.45) is 0 Å². The number of carbonyl (C=O) groups excluding carboxylic acids is 1. The minimum Gasteiger partial charge on any atom is -0.395 e. The number of rotatable bonds is 7. The number of aliphatic hydroxyl groups is 1. The zero-order valence-electron chi connectivity index (χ0n) is 14.8. The van der Waals surface area contributed by atoms with Gasteiger partial charge in [0.25, 0.3) is 5.91 Å². The van der Waals surface area contributed by atoms with Crippen molar-refractivity contribution in [2.45, 2.75) is 13.5 Å². The lowest BCUT2D eigenvalue weighted by molar-refractivity contribution is 0.0944. The molecule has 7 heteroatoms. The number of halogens is 1. The molecule has 1 amide bonds. The van der Waals surface area contributed by atoms with Gasteiger partial charge in [0.15, 0.2) is 5.76 Å². The number of benzene rings is 2. The lowest BCUT2D eigenvalue weighted by Gasteiger charge is -2.12. The molecule has 0 aliphatic rings. The van der Waals surface area contributed by atoms with Crippen LogP contribution in [-0.2, 0) is 6.54 Å². The highest BCUT2D eigenvalue weighted by Gasteiger charge is 2.12. The molecule has 3 aromatic rings. The highest BCUT2D eigenvalue weighted by Crippen LogP contribution is 2.23. The fraction of sp³-hybridized carbons (Fsp3) is 0.200. The van der Waals surface area contributed by atoms with E-state index in [9.17, 15) is 9.18 Å². The molecule has 0 fully saturated rings. The molecular formula is C20H20FN3O3. The predicted molar refractivity (Wildman–Crippen MR) is 99.8 cm³/mol. The van der Waals surface area contributed by atoms with Crippen LogP contribution in [0.4, 0.5) is 10.1 Å². The average Bonchev–Trinajstić information content (AvgIpc) is 3.15. The van der Waals surface area contributed by atoms with Crippen LogP contribution in [0.15, 0.2) is 53.1 Å². The zero-order valence-corrected chi connectivity index (χ0v) is 14.8. The topological polar surface area (TPSA) is 87.4 Å². The molecule has 6 nitrogen and oxygen atoms in total. The number of aromatic nitrogens is 1. The van der Waals surface area contributed by atoms with Gasteiger partial charge in [-0.05, 0) is 48.9 Å². The van der Waals surface area contributed by atoms with Crippen LogP contribution >= 0.6 is 0 Å². The second-order valence-corrected chi connectivity index (χ2v) is 6.00. The van der Waals surface area contributed by atoms with Gasteiger partial charge in [0, 0.05) is 29.4 Å². The van der Waals surface area contributed by atoms with Crippen LogP contribution in [0, 0.1) is 12.7 Å². The summed E-state index contributed by atoms with van der Waals surface area (Å²) in [6, 6.07) is 13.2. The van der Waals surface area contributed by atoms with Gasteiger partial charge < -0.3 is 20.3 Å². The Morgan fingerprint density at radius 3 is 2.74 bits per heavy atom. The van der Waals surface area contributed by atoms with E-state index in [4.69, 9.17) is 9.63 Å². The normalized spacial score (nSPS) is 10.6. The summed E-state index contributed by atoms with van der Waals surface area (Å²) in [5.74, 6) is 0.0180. The molecule has 0 bridgehead atoms. The summed E-state index contributed by atoms with van der Waals surface area (Å²) in [7, 11) is 0. The van der Waals surface area contributed by atoms with Crippen molar-refractivity contribution < 1.29 is 18.8 Å². The SMILES string of the molecule is Cc1c(NCc2cc(-c3ccc(F)cc3)on2)cccc1C(=O)NCCO.